The fraction of sp³-hybridized carbons (Fsp3) is 0.200. The Morgan fingerprint density at radius 1 is 1.25 bits per heavy atom. The molecule has 0 radical (unpaired) electrons. The van der Waals surface area contributed by atoms with E-state index in [1.807, 2.05) is 35.9 Å². The number of rotatable bonds is 3. The van der Waals surface area contributed by atoms with Crippen LogP contribution in [-0.2, 0) is 13.5 Å². The second kappa shape index (κ2) is 5.02. The highest BCUT2D eigenvalue weighted by Crippen LogP contribution is 2.21. The number of nitrogens with zero attached hydrogens (tertiary/aromatic N) is 3. The number of benzene rings is 1. The molecule has 0 aliphatic heterocycles. The van der Waals surface area contributed by atoms with E-state index in [1.54, 1.807) is 0 Å². The number of aliphatic hydroxyl groups is 1. The van der Waals surface area contributed by atoms with Crippen molar-refractivity contribution in [3.63, 3.8) is 0 Å². The molecule has 2 heterocycles. The molecule has 4 nitrogen and oxygen atoms in total. The van der Waals surface area contributed by atoms with Crippen LogP contribution in [-0.4, -0.2) is 19.6 Å². The molecular weight excluding hydrogens is 257 g/mol. The van der Waals surface area contributed by atoms with E-state index in [0.29, 0.717) is 5.82 Å². The van der Waals surface area contributed by atoms with Gasteiger partial charge < -0.3 is 9.67 Å². The summed E-state index contributed by atoms with van der Waals surface area (Å²) in [6.07, 6.45) is 0.682. The molecule has 0 aliphatic carbocycles. The number of para-hydroxylation sites is 2. The summed E-state index contributed by atoms with van der Waals surface area (Å²) in [5.74, 6) is 0.197. The first kappa shape index (κ1) is 12.7. The molecule has 0 amide bonds. The van der Waals surface area contributed by atoms with Crippen molar-refractivity contribution in [2.75, 3.05) is 0 Å². The van der Waals surface area contributed by atoms with E-state index in [4.69, 9.17) is 0 Å². The largest absolute Gasteiger partial charge is 0.386 e. The third kappa shape index (κ3) is 2.16. The lowest BCUT2D eigenvalue weighted by molar-refractivity contribution is 0.165. The second-order valence-corrected chi connectivity index (χ2v) is 4.67. The number of imidazole rings is 1. The number of fused-ring (bicyclic) bond motifs is 1. The minimum atomic E-state index is -1.01. The summed E-state index contributed by atoms with van der Waals surface area (Å²) < 4.78 is 15.5. The zero-order chi connectivity index (χ0) is 14.1. The molecule has 0 fully saturated rings. The van der Waals surface area contributed by atoms with Crippen molar-refractivity contribution in [1.82, 2.24) is 14.5 Å². The topological polar surface area (TPSA) is 50.9 Å². The molecule has 0 bridgehead atoms. The molecule has 2 aromatic heterocycles. The van der Waals surface area contributed by atoms with E-state index in [0.717, 1.165) is 11.0 Å². The van der Waals surface area contributed by atoms with E-state index in [-0.39, 0.29) is 12.1 Å². The van der Waals surface area contributed by atoms with Gasteiger partial charge in [-0.3, -0.25) is 4.98 Å². The maximum atomic E-state index is 13.6. The minimum Gasteiger partial charge on any atom is -0.386 e. The molecule has 3 aromatic rings. The van der Waals surface area contributed by atoms with Gasteiger partial charge in [0.2, 0.25) is 0 Å². The molecule has 1 atom stereocenters. The Morgan fingerprint density at radius 2 is 2.05 bits per heavy atom. The van der Waals surface area contributed by atoms with Crippen LogP contribution in [0.5, 0.6) is 0 Å². The van der Waals surface area contributed by atoms with Gasteiger partial charge in [-0.1, -0.05) is 12.1 Å². The lowest BCUT2D eigenvalue weighted by atomic mass is 10.1. The first-order chi connectivity index (χ1) is 9.66. The van der Waals surface area contributed by atoms with E-state index in [9.17, 15) is 9.50 Å². The number of aromatic nitrogens is 3. The van der Waals surface area contributed by atoms with Crippen LogP contribution >= 0.6 is 0 Å². The monoisotopic (exact) mass is 271 g/mol. The summed E-state index contributed by atoms with van der Waals surface area (Å²) in [7, 11) is 1.88. The lowest BCUT2D eigenvalue weighted by Gasteiger charge is -2.10. The van der Waals surface area contributed by atoms with Crippen LogP contribution in [0, 0.1) is 5.82 Å². The normalized spacial score (nSPS) is 12.8. The highest BCUT2D eigenvalue weighted by molar-refractivity contribution is 5.75. The molecule has 1 aromatic carbocycles. The maximum absolute atomic E-state index is 13.6. The van der Waals surface area contributed by atoms with Crippen LogP contribution in [0.3, 0.4) is 0 Å². The third-order valence-corrected chi connectivity index (χ3v) is 3.36. The summed E-state index contributed by atoms with van der Waals surface area (Å²) in [5, 5.41) is 10.1. The van der Waals surface area contributed by atoms with Gasteiger partial charge in [-0.2, -0.15) is 0 Å². The summed E-state index contributed by atoms with van der Waals surface area (Å²) in [6.45, 7) is 0. The smallest absolute Gasteiger partial charge is 0.147 e. The van der Waals surface area contributed by atoms with Gasteiger partial charge in [0.25, 0.3) is 0 Å². The Morgan fingerprint density at radius 3 is 2.80 bits per heavy atom. The second-order valence-electron chi connectivity index (χ2n) is 4.67. The average Bonchev–Trinajstić information content (AvgIpc) is 2.76. The zero-order valence-corrected chi connectivity index (χ0v) is 11.0. The molecule has 5 heteroatoms. The highest BCUT2D eigenvalue weighted by Gasteiger charge is 2.18. The number of hydrogen-bond acceptors (Lipinski definition) is 3. The van der Waals surface area contributed by atoms with Gasteiger partial charge >= 0.3 is 0 Å². The van der Waals surface area contributed by atoms with Gasteiger partial charge in [0, 0.05) is 19.7 Å². The van der Waals surface area contributed by atoms with E-state index >= 15 is 0 Å². The standard InChI is InChI=1S/C15H14FN3O/c1-19-12-7-3-2-6-11(12)18-14(19)9-13(20)15-10(16)5-4-8-17-15/h2-8,13,20H,9H2,1H3. The van der Waals surface area contributed by atoms with Crippen LogP contribution < -0.4 is 0 Å². The number of aryl methyl sites for hydroxylation is 1. The zero-order valence-electron chi connectivity index (χ0n) is 11.0. The van der Waals surface area contributed by atoms with Crippen molar-refractivity contribution < 1.29 is 9.50 Å². The van der Waals surface area contributed by atoms with Crippen molar-refractivity contribution in [3.8, 4) is 0 Å². The molecular formula is C15H14FN3O. The summed E-state index contributed by atoms with van der Waals surface area (Å²) in [5.41, 5.74) is 1.90. The molecule has 0 spiro atoms. The predicted octanol–water partition coefficient (Wildman–Crippen LogP) is 2.38. The van der Waals surface area contributed by atoms with Gasteiger partial charge in [-0.15, -0.1) is 0 Å². The summed E-state index contributed by atoms with van der Waals surface area (Å²) >= 11 is 0. The van der Waals surface area contributed by atoms with Crippen LogP contribution in [0.15, 0.2) is 42.6 Å². The Labute approximate surface area is 115 Å². The number of aliphatic hydroxyl groups excluding tert-OH is 1. The summed E-state index contributed by atoms with van der Waals surface area (Å²) in [6, 6.07) is 10.5. The number of halogens is 1. The predicted molar refractivity (Wildman–Crippen MR) is 73.6 cm³/mol. The highest BCUT2D eigenvalue weighted by atomic mass is 19.1. The van der Waals surface area contributed by atoms with E-state index in [1.165, 1.54) is 18.3 Å². The fourth-order valence-corrected chi connectivity index (χ4v) is 2.29. The number of pyridine rings is 1. The van der Waals surface area contributed by atoms with Crippen molar-refractivity contribution >= 4 is 11.0 Å². The molecule has 20 heavy (non-hydrogen) atoms. The molecule has 0 saturated carbocycles. The Kier molecular flexibility index (Phi) is 3.20. The van der Waals surface area contributed by atoms with Crippen LogP contribution in [0.1, 0.15) is 17.6 Å². The van der Waals surface area contributed by atoms with Crippen LogP contribution in [0.25, 0.3) is 11.0 Å². The molecule has 0 aliphatic rings. The van der Waals surface area contributed by atoms with Crippen LogP contribution in [0.4, 0.5) is 4.39 Å². The lowest BCUT2D eigenvalue weighted by Crippen LogP contribution is -2.10. The van der Waals surface area contributed by atoms with Crippen LogP contribution in [0.2, 0.25) is 0 Å². The van der Waals surface area contributed by atoms with Gasteiger partial charge in [0.15, 0.2) is 0 Å². The van der Waals surface area contributed by atoms with Gasteiger partial charge in [-0.25, -0.2) is 9.37 Å². The molecule has 3 rings (SSSR count). The molecule has 0 saturated heterocycles. The molecule has 102 valence electrons. The van der Waals surface area contributed by atoms with E-state index in [2.05, 4.69) is 9.97 Å². The van der Waals surface area contributed by atoms with Crippen molar-refractivity contribution in [1.29, 1.82) is 0 Å². The minimum absolute atomic E-state index is 0.0551. The molecule has 1 unspecified atom stereocenters. The van der Waals surface area contributed by atoms with Crippen molar-refractivity contribution in [3.05, 3.63) is 59.9 Å². The quantitative estimate of drug-likeness (QED) is 0.795. The van der Waals surface area contributed by atoms with Gasteiger partial charge in [0.1, 0.15) is 23.4 Å². The third-order valence-electron chi connectivity index (χ3n) is 3.36. The maximum Gasteiger partial charge on any atom is 0.147 e. The Hall–Kier alpha value is -2.27. The number of hydrogen-bond donors (Lipinski definition) is 1. The van der Waals surface area contributed by atoms with Gasteiger partial charge in [-0.05, 0) is 24.3 Å². The molecule has 1 N–H and O–H groups in total. The Balaban J connectivity index is 1.93. The Bertz CT molecular complexity index is 754. The van der Waals surface area contributed by atoms with E-state index < -0.39 is 11.9 Å². The summed E-state index contributed by atoms with van der Waals surface area (Å²) in [4.78, 5) is 8.36. The first-order valence-electron chi connectivity index (χ1n) is 6.35. The average molecular weight is 271 g/mol. The van der Waals surface area contributed by atoms with Crippen molar-refractivity contribution in [2.45, 2.75) is 12.5 Å². The SMILES string of the molecule is Cn1c(CC(O)c2ncccc2F)nc2ccccc21. The fourth-order valence-electron chi connectivity index (χ4n) is 2.29. The van der Waals surface area contributed by atoms with Crippen molar-refractivity contribution in [2.24, 2.45) is 7.05 Å². The van der Waals surface area contributed by atoms with Gasteiger partial charge in [0.05, 0.1) is 11.0 Å². The first-order valence-corrected chi connectivity index (χ1v) is 6.35.